The second-order valence-electron chi connectivity index (χ2n) is 3.15. The number of carboxylic acids is 1. The number of anilines is 1. The minimum atomic E-state index is -1.43. The van der Waals surface area contributed by atoms with Crippen molar-refractivity contribution >= 4 is 23.5 Å². The van der Waals surface area contributed by atoms with Crippen molar-refractivity contribution in [3.63, 3.8) is 0 Å². The fourth-order valence-electron chi connectivity index (χ4n) is 1.48. The smallest absolute Gasteiger partial charge is 0.258 e. The Balaban J connectivity index is 2.52. The molecule has 1 aliphatic rings. The lowest BCUT2D eigenvalue weighted by atomic mass is 10.1. The van der Waals surface area contributed by atoms with E-state index in [1.807, 2.05) is 0 Å². The van der Waals surface area contributed by atoms with Crippen LogP contribution in [0.4, 0.5) is 5.69 Å². The second kappa shape index (κ2) is 3.62. The largest absolute Gasteiger partial charge is 0.545 e. The number of carboxylic acid groups (broad SMARTS) is 1. The van der Waals surface area contributed by atoms with Gasteiger partial charge < -0.3 is 9.90 Å². The van der Waals surface area contributed by atoms with Crippen molar-refractivity contribution in [1.29, 1.82) is 0 Å². The van der Waals surface area contributed by atoms with Crippen LogP contribution in [0.1, 0.15) is 10.4 Å². The summed E-state index contributed by atoms with van der Waals surface area (Å²) in [4.78, 5) is 34.3. The zero-order valence-corrected chi connectivity index (χ0v) is 8.04. The average molecular weight is 216 g/mol. The van der Waals surface area contributed by atoms with Crippen molar-refractivity contribution in [2.24, 2.45) is 0 Å². The summed E-state index contributed by atoms with van der Waals surface area (Å²) in [6.45, 7) is 0. The molecule has 0 spiro atoms. The van der Waals surface area contributed by atoms with Crippen LogP contribution in [0, 0.1) is 0 Å². The van der Waals surface area contributed by atoms with E-state index in [0.29, 0.717) is 0 Å². The molecule has 5 heteroatoms. The Bertz CT molecular complexity index is 500. The van der Waals surface area contributed by atoms with Crippen molar-refractivity contribution in [2.75, 3.05) is 4.90 Å². The highest BCUT2D eigenvalue weighted by Crippen LogP contribution is 2.22. The van der Waals surface area contributed by atoms with Crippen LogP contribution in [0.25, 0.3) is 0 Å². The topological polar surface area (TPSA) is 77.5 Å². The van der Waals surface area contributed by atoms with Crippen LogP contribution in [0.5, 0.6) is 0 Å². The van der Waals surface area contributed by atoms with Gasteiger partial charge in [-0.05, 0) is 6.07 Å². The molecule has 1 aromatic carbocycles. The molecule has 0 N–H and O–H groups in total. The molecule has 2 rings (SSSR count). The first kappa shape index (κ1) is 10.1. The lowest BCUT2D eigenvalue weighted by Crippen LogP contribution is -2.33. The SMILES string of the molecule is O=C([O-])c1ccccc1N1C(=O)C=CC1=O. The van der Waals surface area contributed by atoms with Crippen molar-refractivity contribution < 1.29 is 19.5 Å². The summed E-state index contributed by atoms with van der Waals surface area (Å²) in [6, 6.07) is 5.70. The monoisotopic (exact) mass is 216 g/mol. The highest BCUT2D eigenvalue weighted by Gasteiger charge is 2.26. The Kier molecular flexibility index (Phi) is 2.28. The molecule has 5 nitrogen and oxygen atoms in total. The number of imide groups is 1. The van der Waals surface area contributed by atoms with Crippen LogP contribution in [-0.4, -0.2) is 17.8 Å². The maximum absolute atomic E-state index is 11.4. The first-order valence-corrected chi connectivity index (χ1v) is 4.48. The van der Waals surface area contributed by atoms with Crippen molar-refractivity contribution in [3.05, 3.63) is 42.0 Å². The minimum absolute atomic E-state index is 0.0301. The summed E-state index contributed by atoms with van der Waals surface area (Å²) in [6.07, 6.45) is 2.18. The van der Waals surface area contributed by atoms with Crippen molar-refractivity contribution in [2.45, 2.75) is 0 Å². The number of hydrogen-bond acceptors (Lipinski definition) is 4. The predicted octanol–water partition coefficient (Wildman–Crippen LogP) is -0.521. The third-order valence-electron chi connectivity index (χ3n) is 2.17. The number of rotatable bonds is 2. The fraction of sp³-hybridized carbons (Fsp3) is 0. The molecular formula is C11H6NO4-. The van der Waals surface area contributed by atoms with Gasteiger partial charge in [-0.25, -0.2) is 4.90 Å². The van der Waals surface area contributed by atoms with E-state index in [4.69, 9.17) is 0 Å². The molecule has 2 amide bonds. The van der Waals surface area contributed by atoms with Crippen LogP contribution < -0.4 is 10.0 Å². The third-order valence-corrected chi connectivity index (χ3v) is 2.17. The Morgan fingerprint density at radius 1 is 1.06 bits per heavy atom. The standard InChI is InChI=1S/C11H7NO4/c13-9-5-6-10(14)12(9)8-4-2-1-3-7(8)11(15)16/h1-6H,(H,15,16)/p-1. The van der Waals surface area contributed by atoms with E-state index >= 15 is 0 Å². The van der Waals surface area contributed by atoms with Gasteiger partial charge in [-0.2, -0.15) is 0 Å². The molecule has 0 fully saturated rings. The van der Waals surface area contributed by atoms with E-state index in [1.165, 1.54) is 18.2 Å². The number of aromatic carboxylic acids is 1. The molecule has 16 heavy (non-hydrogen) atoms. The Morgan fingerprint density at radius 3 is 2.19 bits per heavy atom. The predicted molar refractivity (Wildman–Crippen MR) is 52.4 cm³/mol. The van der Waals surface area contributed by atoms with Gasteiger partial charge in [0.15, 0.2) is 0 Å². The lowest BCUT2D eigenvalue weighted by Gasteiger charge is -2.18. The summed E-state index contributed by atoms with van der Waals surface area (Å²) in [5, 5.41) is 10.8. The number of benzene rings is 1. The summed E-state index contributed by atoms with van der Waals surface area (Å²) >= 11 is 0. The van der Waals surface area contributed by atoms with Gasteiger partial charge in [-0.15, -0.1) is 0 Å². The number of para-hydroxylation sites is 1. The van der Waals surface area contributed by atoms with Gasteiger partial charge in [0, 0.05) is 17.7 Å². The molecule has 1 aromatic rings. The van der Waals surface area contributed by atoms with E-state index in [1.54, 1.807) is 6.07 Å². The van der Waals surface area contributed by atoms with E-state index in [0.717, 1.165) is 17.1 Å². The van der Waals surface area contributed by atoms with Gasteiger partial charge in [-0.1, -0.05) is 18.2 Å². The first-order chi connectivity index (χ1) is 7.61. The number of hydrogen-bond donors (Lipinski definition) is 0. The molecule has 0 saturated carbocycles. The van der Waals surface area contributed by atoms with Crippen LogP contribution in [0.2, 0.25) is 0 Å². The first-order valence-electron chi connectivity index (χ1n) is 4.48. The van der Waals surface area contributed by atoms with Crippen molar-refractivity contribution in [3.8, 4) is 0 Å². The zero-order valence-electron chi connectivity index (χ0n) is 8.04. The number of carbonyl (C=O) groups excluding carboxylic acids is 3. The quantitative estimate of drug-likeness (QED) is 0.623. The number of amides is 2. The molecule has 1 heterocycles. The highest BCUT2D eigenvalue weighted by atomic mass is 16.4. The molecule has 80 valence electrons. The fourth-order valence-corrected chi connectivity index (χ4v) is 1.48. The molecule has 0 atom stereocenters. The van der Waals surface area contributed by atoms with Gasteiger partial charge in [0.1, 0.15) is 0 Å². The normalized spacial score (nSPS) is 14.6. The Morgan fingerprint density at radius 2 is 1.62 bits per heavy atom. The van der Waals surface area contributed by atoms with Gasteiger partial charge in [-0.3, -0.25) is 9.59 Å². The molecule has 0 radical (unpaired) electrons. The maximum Gasteiger partial charge on any atom is 0.258 e. The summed E-state index contributed by atoms with van der Waals surface area (Å²) < 4.78 is 0. The third kappa shape index (κ3) is 1.48. The Hall–Kier alpha value is -2.43. The van der Waals surface area contributed by atoms with E-state index in [-0.39, 0.29) is 11.3 Å². The molecule has 0 unspecified atom stereocenters. The Labute approximate surface area is 90.6 Å². The highest BCUT2D eigenvalue weighted by molar-refractivity contribution is 6.29. The lowest BCUT2D eigenvalue weighted by molar-refractivity contribution is -0.254. The number of carbonyl (C=O) groups is 3. The summed E-state index contributed by atoms with van der Waals surface area (Å²) in [5.41, 5.74) is -0.157. The van der Waals surface area contributed by atoms with E-state index in [2.05, 4.69) is 0 Å². The molecular weight excluding hydrogens is 210 g/mol. The van der Waals surface area contributed by atoms with Gasteiger partial charge in [0.2, 0.25) is 0 Å². The van der Waals surface area contributed by atoms with E-state index < -0.39 is 17.8 Å². The van der Waals surface area contributed by atoms with E-state index in [9.17, 15) is 19.5 Å². The molecule has 1 aliphatic heterocycles. The maximum atomic E-state index is 11.4. The molecule has 0 aromatic heterocycles. The van der Waals surface area contributed by atoms with Crippen LogP contribution in [0.15, 0.2) is 36.4 Å². The van der Waals surface area contributed by atoms with Gasteiger partial charge in [0.25, 0.3) is 11.8 Å². The minimum Gasteiger partial charge on any atom is -0.545 e. The van der Waals surface area contributed by atoms with Gasteiger partial charge in [0.05, 0.1) is 11.7 Å². The van der Waals surface area contributed by atoms with Crippen LogP contribution >= 0.6 is 0 Å². The van der Waals surface area contributed by atoms with Crippen molar-refractivity contribution in [1.82, 2.24) is 0 Å². The zero-order chi connectivity index (χ0) is 11.7. The van der Waals surface area contributed by atoms with Crippen LogP contribution in [-0.2, 0) is 9.59 Å². The molecule has 0 bridgehead atoms. The van der Waals surface area contributed by atoms with Gasteiger partial charge >= 0.3 is 0 Å². The van der Waals surface area contributed by atoms with Crippen LogP contribution in [0.3, 0.4) is 0 Å². The summed E-state index contributed by atoms with van der Waals surface area (Å²) in [7, 11) is 0. The molecule has 0 saturated heterocycles. The molecule has 0 aliphatic carbocycles. The summed E-state index contributed by atoms with van der Waals surface area (Å²) in [5.74, 6) is -2.54. The number of nitrogens with zero attached hydrogens (tertiary/aromatic N) is 1. The average Bonchev–Trinajstić information content (AvgIpc) is 2.58. The second-order valence-corrected chi connectivity index (χ2v) is 3.15.